The molecule has 10 nitrogen and oxygen atoms in total. The summed E-state index contributed by atoms with van der Waals surface area (Å²) in [6, 6.07) is 0.447. The molecule has 2 aromatic heterocycles. The minimum absolute atomic E-state index is 0.0128. The van der Waals surface area contributed by atoms with Crippen LogP contribution in [0.3, 0.4) is 0 Å². The maximum atomic E-state index is 12.9. The van der Waals surface area contributed by atoms with E-state index in [9.17, 15) is 4.79 Å². The van der Waals surface area contributed by atoms with Gasteiger partial charge in [-0.3, -0.25) is 9.88 Å². The lowest BCUT2D eigenvalue weighted by Crippen LogP contribution is -2.45. The molecule has 0 aliphatic heterocycles. The van der Waals surface area contributed by atoms with E-state index in [4.69, 9.17) is 15.2 Å². The molecule has 3 rings (SSSR count). The Morgan fingerprint density at radius 2 is 1.77 bits per heavy atom. The fourth-order valence-electron chi connectivity index (χ4n) is 3.32. The summed E-state index contributed by atoms with van der Waals surface area (Å²) in [6.45, 7) is 0.959. The summed E-state index contributed by atoms with van der Waals surface area (Å²) in [5.41, 5.74) is 7.35. The van der Waals surface area contributed by atoms with Gasteiger partial charge in [0, 0.05) is 36.6 Å². The summed E-state index contributed by atoms with van der Waals surface area (Å²) < 4.78 is 10.5. The Labute approximate surface area is 176 Å². The summed E-state index contributed by atoms with van der Waals surface area (Å²) in [5, 5.41) is 0. The lowest BCUT2D eigenvalue weighted by molar-refractivity contribution is 0.139. The third-order valence-electron chi connectivity index (χ3n) is 5.06. The second-order valence-electron chi connectivity index (χ2n) is 7.57. The number of likely N-dealkylation sites (N-methyl/N-ethyl adjacent to an activating group) is 1. The Bertz CT molecular complexity index is 806. The molecule has 0 unspecified atom stereocenters. The number of amides is 1. The molecule has 1 aliphatic carbocycles. The van der Waals surface area contributed by atoms with E-state index in [1.54, 1.807) is 29.7 Å². The summed E-state index contributed by atoms with van der Waals surface area (Å²) >= 11 is 0. The molecule has 1 fully saturated rings. The molecule has 0 spiro atoms. The summed E-state index contributed by atoms with van der Waals surface area (Å²) in [4.78, 5) is 33.6. The Kier molecular flexibility index (Phi) is 7.47. The third kappa shape index (κ3) is 5.61. The molecule has 0 bridgehead atoms. The van der Waals surface area contributed by atoms with Crippen LogP contribution in [0.15, 0.2) is 24.8 Å². The molecule has 1 saturated carbocycles. The number of methoxy groups -OCH3 is 1. The zero-order valence-electron chi connectivity index (χ0n) is 17.7. The van der Waals surface area contributed by atoms with Crippen LogP contribution in [-0.4, -0.2) is 77.4 Å². The van der Waals surface area contributed by atoms with E-state index < -0.39 is 6.09 Å². The van der Waals surface area contributed by atoms with Crippen LogP contribution in [-0.2, 0) is 4.74 Å². The summed E-state index contributed by atoms with van der Waals surface area (Å²) in [6.07, 6.45) is 9.35. The fraction of sp³-hybridized carbons (Fsp3) is 0.550. The second kappa shape index (κ2) is 10.3. The molecule has 2 N–H and O–H groups in total. The van der Waals surface area contributed by atoms with Gasteiger partial charge in [0.25, 0.3) is 0 Å². The van der Waals surface area contributed by atoms with Crippen LogP contribution in [0.5, 0.6) is 6.01 Å². The molecule has 0 radical (unpaired) electrons. The molecule has 10 heteroatoms. The van der Waals surface area contributed by atoms with E-state index in [-0.39, 0.29) is 18.1 Å². The van der Waals surface area contributed by atoms with Gasteiger partial charge in [-0.25, -0.2) is 19.7 Å². The number of carbonyl (C=O) groups excluding carboxylic acids is 1. The van der Waals surface area contributed by atoms with Crippen LogP contribution in [0.2, 0.25) is 0 Å². The minimum Gasteiger partial charge on any atom is -0.467 e. The van der Waals surface area contributed by atoms with E-state index in [1.165, 1.54) is 7.11 Å². The molecular weight excluding hydrogens is 386 g/mol. The van der Waals surface area contributed by atoms with E-state index in [0.717, 1.165) is 25.7 Å². The molecule has 1 aliphatic rings. The first-order valence-electron chi connectivity index (χ1n) is 10.0. The van der Waals surface area contributed by atoms with Crippen LogP contribution >= 0.6 is 0 Å². The first-order chi connectivity index (χ1) is 14.5. The van der Waals surface area contributed by atoms with E-state index in [1.807, 2.05) is 19.0 Å². The minimum atomic E-state index is -0.410. The van der Waals surface area contributed by atoms with Crippen molar-refractivity contribution >= 4 is 11.9 Å². The van der Waals surface area contributed by atoms with Crippen molar-refractivity contribution in [2.45, 2.75) is 37.8 Å². The zero-order valence-corrected chi connectivity index (χ0v) is 17.7. The van der Waals surface area contributed by atoms with Crippen molar-refractivity contribution in [1.29, 1.82) is 0 Å². The Balaban J connectivity index is 1.78. The van der Waals surface area contributed by atoms with E-state index >= 15 is 0 Å². The zero-order chi connectivity index (χ0) is 21.5. The molecular formula is C20H29N7O3. The van der Waals surface area contributed by atoms with Crippen molar-refractivity contribution in [3.63, 3.8) is 0 Å². The number of carbonyl (C=O) groups is 1. The molecule has 30 heavy (non-hydrogen) atoms. The van der Waals surface area contributed by atoms with Gasteiger partial charge in [0.15, 0.2) is 5.82 Å². The molecule has 2 aromatic rings. The topological polar surface area (TPSA) is 120 Å². The number of nitrogens with zero attached hydrogens (tertiary/aromatic N) is 6. The Hall–Kier alpha value is -2.85. The van der Waals surface area contributed by atoms with Crippen molar-refractivity contribution < 1.29 is 14.3 Å². The third-order valence-corrected chi connectivity index (χ3v) is 5.06. The predicted octanol–water partition coefficient (Wildman–Crippen LogP) is 1.72. The number of aromatic nitrogens is 4. The number of anilines is 1. The number of nitrogens with two attached hydrogens (primary N) is 1. The summed E-state index contributed by atoms with van der Waals surface area (Å²) in [5.74, 6) is 0.462. The van der Waals surface area contributed by atoms with Crippen molar-refractivity contribution in [3.8, 4) is 17.3 Å². The average molecular weight is 415 g/mol. The van der Waals surface area contributed by atoms with Crippen LogP contribution in [0.25, 0.3) is 11.3 Å². The first kappa shape index (κ1) is 21.8. The van der Waals surface area contributed by atoms with Gasteiger partial charge < -0.3 is 20.1 Å². The van der Waals surface area contributed by atoms with Crippen LogP contribution in [0.1, 0.15) is 25.7 Å². The predicted molar refractivity (Wildman–Crippen MR) is 112 cm³/mol. The number of hydrogen-bond donors (Lipinski definition) is 1. The maximum Gasteiger partial charge on any atom is 0.415 e. The van der Waals surface area contributed by atoms with Crippen molar-refractivity contribution in [3.05, 3.63) is 24.8 Å². The van der Waals surface area contributed by atoms with Gasteiger partial charge in [0.2, 0.25) is 0 Å². The van der Waals surface area contributed by atoms with Gasteiger partial charge in [-0.15, -0.1) is 0 Å². The monoisotopic (exact) mass is 415 g/mol. The highest BCUT2D eigenvalue weighted by Gasteiger charge is 2.31. The van der Waals surface area contributed by atoms with Crippen molar-refractivity contribution in [2.24, 2.45) is 5.73 Å². The first-order valence-corrected chi connectivity index (χ1v) is 10.0. The number of hydrogen-bond acceptors (Lipinski definition) is 9. The fourth-order valence-corrected chi connectivity index (χ4v) is 3.32. The van der Waals surface area contributed by atoms with E-state index in [2.05, 4.69) is 19.9 Å². The molecule has 0 aromatic carbocycles. The average Bonchev–Trinajstić information content (AvgIpc) is 2.75. The smallest absolute Gasteiger partial charge is 0.415 e. The van der Waals surface area contributed by atoms with Crippen molar-refractivity contribution in [1.82, 2.24) is 24.8 Å². The quantitative estimate of drug-likeness (QED) is 0.720. The number of ether oxygens (including phenoxy) is 2. The summed E-state index contributed by atoms with van der Waals surface area (Å²) in [7, 11) is 5.37. The van der Waals surface area contributed by atoms with Crippen LogP contribution < -0.4 is 15.4 Å². The Morgan fingerprint density at radius 3 is 2.33 bits per heavy atom. The van der Waals surface area contributed by atoms with Gasteiger partial charge in [0.05, 0.1) is 25.2 Å². The molecule has 0 atom stereocenters. The van der Waals surface area contributed by atoms with Gasteiger partial charge >= 0.3 is 12.1 Å². The van der Waals surface area contributed by atoms with Crippen LogP contribution in [0, 0.1) is 0 Å². The Morgan fingerprint density at radius 1 is 1.07 bits per heavy atom. The van der Waals surface area contributed by atoms with Gasteiger partial charge in [-0.2, -0.15) is 0 Å². The molecule has 0 saturated heterocycles. The lowest BCUT2D eigenvalue weighted by atomic mass is 9.91. The van der Waals surface area contributed by atoms with E-state index in [0.29, 0.717) is 30.2 Å². The lowest BCUT2D eigenvalue weighted by Gasteiger charge is -2.34. The number of rotatable bonds is 7. The van der Waals surface area contributed by atoms with Gasteiger partial charge in [0.1, 0.15) is 6.61 Å². The van der Waals surface area contributed by atoms with Gasteiger partial charge in [-0.05, 0) is 39.8 Å². The highest BCUT2D eigenvalue weighted by atomic mass is 16.6. The highest BCUT2D eigenvalue weighted by Crippen LogP contribution is 2.27. The standard InChI is InChI=1S/C20H29N7O3/c1-26(2)8-9-30-20(28)27(16-6-4-15(21)5-7-16)18-13-22-17(12-23-18)14-10-24-19(29-3)25-11-14/h10-13,15-16H,4-9,21H2,1-3H3. The second-order valence-corrected chi connectivity index (χ2v) is 7.57. The largest absolute Gasteiger partial charge is 0.467 e. The van der Waals surface area contributed by atoms with Crippen molar-refractivity contribution in [2.75, 3.05) is 39.3 Å². The molecule has 1 amide bonds. The maximum absolute atomic E-state index is 12.9. The van der Waals surface area contributed by atoms with Gasteiger partial charge in [-0.1, -0.05) is 0 Å². The molecule has 162 valence electrons. The normalized spacial score (nSPS) is 18.8. The molecule has 2 heterocycles. The van der Waals surface area contributed by atoms with Crippen LogP contribution in [0.4, 0.5) is 10.6 Å². The SMILES string of the molecule is COc1ncc(-c2cnc(N(C(=O)OCCN(C)C)C3CCC(N)CC3)cn2)cn1. The highest BCUT2D eigenvalue weighted by molar-refractivity contribution is 5.87.